The topological polar surface area (TPSA) is 64.3 Å². The highest BCUT2D eigenvalue weighted by molar-refractivity contribution is 6.33. The third-order valence-electron chi connectivity index (χ3n) is 3.79. The van der Waals surface area contributed by atoms with E-state index in [2.05, 4.69) is 5.32 Å². The number of anilines is 2. The predicted octanol–water partition coefficient (Wildman–Crippen LogP) is 2.92. The summed E-state index contributed by atoms with van der Waals surface area (Å²) in [7, 11) is 0. The van der Waals surface area contributed by atoms with E-state index in [0.717, 1.165) is 0 Å². The molecule has 1 aliphatic rings. The Kier molecular flexibility index (Phi) is 4.02. The molecule has 3 N–H and O–H groups in total. The third kappa shape index (κ3) is 2.85. The number of benzene rings is 1. The fourth-order valence-corrected chi connectivity index (χ4v) is 2.74. The molecule has 1 fully saturated rings. The number of carbonyl (C=O) groups is 1. The Morgan fingerprint density at radius 3 is 2.58 bits per heavy atom. The van der Waals surface area contributed by atoms with Crippen LogP contribution in [0.4, 0.5) is 11.4 Å². The molecule has 1 saturated heterocycles. The zero-order valence-corrected chi connectivity index (χ0v) is 12.1. The zero-order chi connectivity index (χ0) is 14.2. The molecule has 0 spiro atoms. The smallest absolute Gasteiger partial charge is 0.230 e. The van der Waals surface area contributed by atoms with Crippen molar-refractivity contribution in [3.63, 3.8) is 0 Å². The first-order valence-electron chi connectivity index (χ1n) is 6.41. The van der Waals surface area contributed by atoms with Gasteiger partial charge in [0.05, 0.1) is 28.8 Å². The monoisotopic (exact) mass is 282 g/mol. The minimum Gasteiger partial charge on any atom is -0.399 e. The summed E-state index contributed by atoms with van der Waals surface area (Å²) < 4.78 is 5.68. The summed E-state index contributed by atoms with van der Waals surface area (Å²) in [6, 6.07) is 5.03. The highest BCUT2D eigenvalue weighted by Gasteiger charge is 2.41. The van der Waals surface area contributed by atoms with Crippen LogP contribution in [0.3, 0.4) is 0 Å². The lowest BCUT2D eigenvalue weighted by molar-refractivity contribution is -0.121. The number of hydrogen-bond donors (Lipinski definition) is 2. The molecule has 0 bridgehead atoms. The van der Waals surface area contributed by atoms with E-state index >= 15 is 0 Å². The van der Waals surface area contributed by atoms with E-state index in [-0.39, 0.29) is 30.0 Å². The van der Waals surface area contributed by atoms with E-state index in [1.54, 1.807) is 18.2 Å². The van der Waals surface area contributed by atoms with Crippen LogP contribution in [-0.4, -0.2) is 18.1 Å². The zero-order valence-electron chi connectivity index (χ0n) is 11.3. The first-order chi connectivity index (χ1) is 8.90. The van der Waals surface area contributed by atoms with Crippen molar-refractivity contribution < 1.29 is 9.53 Å². The second-order valence-corrected chi connectivity index (χ2v) is 5.57. The van der Waals surface area contributed by atoms with E-state index in [1.807, 2.05) is 20.8 Å². The summed E-state index contributed by atoms with van der Waals surface area (Å²) in [5, 5.41) is 3.32. The van der Waals surface area contributed by atoms with Crippen molar-refractivity contribution in [3.05, 3.63) is 23.2 Å². The maximum Gasteiger partial charge on any atom is 0.230 e. The fraction of sp³-hybridized carbons (Fsp3) is 0.500. The first kappa shape index (κ1) is 14.2. The van der Waals surface area contributed by atoms with Gasteiger partial charge in [0.1, 0.15) is 0 Å². The molecule has 2 rings (SSSR count). The molecule has 0 radical (unpaired) electrons. The lowest BCUT2D eigenvalue weighted by atomic mass is 9.89. The summed E-state index contributed by atoms with van der Waals surface area (Å²) in [4.78, 5) is 12.4. The molecule has 4 unspecified atom stereocenters. The van der Waals surface area contributed by atoms with E-state index in [0.29, 0.717) is 16.4 Å². The van der Waals surface area contributed by atoms with Gasteiger partial charge in [-0.1, -0.05) is 18.5 Å². The minimum atomic E-state index is -0.174. The first-order valence-corrected chi connectivity index (χ1v) is 6.79. The molecule has 0 aliphatic carbocycles. The Bertz CT molecular complexity index is 492. The maximum atomic E-state index is 12.4. The van der Waals surface area contributed by atoms with Crippen LogP contribution in [0.2, 0.25) is 5.02 Å². The van der Waals surface area contributed by atoms with E-state index in [4.69, 9.17) is 22.1 Å². The SMILES string of the molecule is CC1OC(C)C(C(=O)Nc2cc(N)ccc2Cl)C1C. The van der Waals surface area contributed by atoms with Crippen molar-refractivity contribution >= 4 is 28.9 Å². The van der Waals surface area contributed by atoms with Gasteiger partial charge >= 0.3 is 0 Å². The van der Waals surface area contributed by atoms with Gasteiger partial charge < -0.3 is 15.8 Å². The normalized spacial score (nSPS) is 30.3. The van der Waals surface area contributed by atoms with Crippen LogP contribution in [-0.2, 0) is 9.53 Å². The summed E-state index contributed by atoms with van der Waals surface area (Å²) in [6.45, 7) is 5.94. The molecule has 1 amide bonds. The summed E-state index contributed by atoms with van der Waals surface area (Å²) in [6.07, 6.45) is -0.00750. The van der Waals surface area contributed by atoms with Crippen LogP contribution in [0.1, 0.15) is 20.8 Å². The molecule has 0 aromatic heterocycles. The van der Waals surface area contributed by atoms with Crippen molar-refractivity contribution in [2.45, 2.75) is 33.0 Å². The molecule has 104 valence electrons. The second kappa shape index (κ2) is 5.39. The lowest BCUT2D eigenvalue weighted by Crippen LogP contribution is -2.32. The molecule has 0 saturated carbocycles. The van der Waals surface area contributed by atoms with Crippen LogP contribution < -0.4 is 11.1 Å². The number of hydrogen-bond acceptors (Lipinski definition) is 3. The van der Waals surface area contributed by atoms with Crippen molar-refractivity contribution in [1.82, 2.24) is 0 Å². The van der Waals surface area contributed by atoms with Crippen molar-refractivity contribution in [2.24, 2.45) is 11.8 Å². The van der Waals surface area contributed by atoms with Crippen LogP contribution in [0.15, 0.2) is 18.2 Å². The molecule has 5 heteroatoms. The molecule has 19 heavy (non-hydrogen) atoms. The minimum absolute atomic E-state index is 0.0724. The number of nitrogen functional groups attached to an aromatic ring is 1. The number of ether oxygens (including phenoxy) is 1. The fourth-order valence-electron chi connectivity index (χ4n) is 2.57. The van der Waals surface area contributed by atoms with E-state index in [9.17, 15) is 4.79 Å². The summed E-state index contributed by atoms with van der Waals surface area (Å²) in [5.41, 5.74) is 6.81. The van der Waals surface area contributed by atoms with E-state index in [1.165, 1.54) is 0 Å². The third-order valence-corrected chi connectivity index (χ3v) is 4.12. The molecular formula is C14H19ClN2O2. The van der Waals surface area contributed by atoms with Crippen molar-refractivity contribution in [2.75, 3.05) is 11.1 Å². The predicted molar refractivity (Wildman–Crippen MR) is 77.2 cm³/mol. The molecule has 1 aromatic carbocycles. The standard InChI is InChI=1S/C14H19ClN2O2/c1-7-8(2)19-9(3)13(7)14(18)17-12-6-10(16)4-5-11(12)15/h4-9,13H,16H2,1-3H3,(H,17,18). The summed E-state index contributed by atoms with van der Waals surface area (Å²) in [5.74, 6) is -0.0702. The quantitative estimate of drug-likeness (QED) is 0.820. The molecule has 1 aromatic rings. The average Bonchev–Trinajstić information content (AvgIpc) is 2.58. The Labute approximate surface area is 118 Å². The Hall–Kier alpha value is -1.26. The summed E-state index contributed by atoms with van der Waals surface area (Å²) >= 11 is 6.05. The van der Waals surface area contributed by atoms with Gasteiger partial charge in [-0.15, -0.1) is 0 Å². The van der Waals surface area contributed by atoms with Crippen molar-refractivity contribution in [3.8, 4) is 0 Å². The number of rotatable bonds is 2. The van der Waals surface area contributed by atoms with Crippen molar-refractivity contribution in [1.29, 1.82) is 0 Å². The van der Waals surface area contributed by atoms with Gasteiger partial charge in [-0.2, -0.15) is 0 Å². The van der Waals surface area contributed by atoms with Crippen LogP contribution in [0, 0.1) is 11.8 Å². The van der Waals surface area contributed by atoms with Gasteiger partial charge in [0.25, 0.3) is 0 Å². The van der Waals surface area contributed by atoms with Gasteiger partial charge in [0.15, 0.2) is 0 Å². The van der Waals surface area contributed by atoms with E-state index < -0.39 is 0 Å². The Morgan fingerprint density at radius 1 is 1.32 bits per heavy atom. The molecular weight excluding hydrogens is 264 g/mol. The molecule has 1 aliphatic heterocycles. The highest BCUT2D eigenvalue weighted by atomic mass is 35.5. The van der Waals surface area contributed by atoms with Gasteiger partial charge in [-0.3, -0.25) is 4.79 Å². The maximum absolute atomic E-state index is 12.4. The number of nitrogens with two attached hydrogens (primary N) is 1. The number of halogens is 1. The van der Waals surface area contributed by atoms with Crippen LogP contribution in [0.5, 0.6) is 0 Å². The second-order valence-electron chi connectivity index (χ2n) is 5.16. The number of nitrogens with one attached hydrogen (secondary N) is 1. The molecule has 4 nitrogen and oxygen atoms in total. The van der Waals surface area contributed by atoms with Gasteiger partial charge in [0, 0.05) is 5.69 Å². The number of carbonyl (C=O) groups excluding carboxylic acids is 1. The lowest BCUT2D eigenvalue weighted by Gasteiger charge is -2.18. The van der Waals surface area contributed by atoms with Gasteiger partial charge in [-0.05, 0) is 38.0 Å². The Morgan fingerprint density at radius 2 is 2.00 bits per heavy atom. The Balaban J connectivity index is 2.15. The van der Waals surface area contributed by atoms with Gasteiger partial charge in [-0.25, -0.2) is 0 Å². The number of amides is 1. The highest BCUT2D eigenvalue weighted by Crippen LogP contribution is 2.34. The molecule has 1 heterocycles. The largest absolute Gasteiger partial charge is 0.399 e. The molecule has 4 atom stereocenters. The van der Waals surface area contributed by atoms with Crippen LogP contribution in [0.25, 0.3) is 0 Å². The van der Waals surface area contributed by atoms with Crippen LogP contribution >= 0.6 is 11.6 Å². The average molecular weight is 283 g/mol. The van der Waals surface area contributed by atoms with Gasteiger partial charge in [0.2, 0.25) is 5.91 Å².